The summed E-state index contributed by atoms with van der Waals surface area (Å²) in [5.41, 5.74) is 1.63. The van der Waals surface area contributed by atoms with Crippen molar-refractivity contribution in [1.82, 2.24) is 10.2 Å². The van der Waals surface area contributed by atoms with E-state index < -0.39 is 6.04 Å². The monoisotopic (exact) mass is 408 g/mol. The van der Waals surface area contributed by atoms with Crippen LogP contribution < -0.4 is 10.1 Å². The molecule has 0 saturated heterocycles. The van der Waals surface area contributed by atoms with Gasteiger partial charge in [-0.25, -0.2) is 0 Å². The molecule has 2 aromatic rings. The van der Waals surface area contributed by atoms with Crippen LogP contribution in [-0.4, -0.2) is 36.9 Å². The van der Waals surface area contributed by atoms with Crippen LogP contribution >= 0.6 is 23.2 Å². The van der Waals surface area contributed by atoms with E-state index in [0.717, 1.165) is 16.9 Å². The lowest BCUT2D eigenvalue weighted by Gasteiger charge is -2.28. The molecule has 1 N–H and O–H groups in total. The molecule has 0 fully saturated rings. The highest BCUT2D eigenvalue weighted by atomic mass is 35.5. The third-order valence-electron chi connectivity index (χ3n) is 4.27. The fraction of sp³-hybridized carbons (Fsp3) is 0.300. The van der Waals surface area contributed by atoms with Crippen molar-refractivity contribution in [2.75, 3.05) is 14.2 Å². The minimum Gasteiger partial charge on any atom is -0.497 e. The molecule has 27 heavy (non-hydrogen) atoms. The van der Waals surface area contributed by atoms with Gasteiger partial charge in [0.2, 0.25) is 11.8 Å². The van der Waals surface area contributed by atoms with Gasteiger partial charge in [0.05, 0.1) is 23.6 Å². The minimum absolute atomic E-state index is 0.165. The van der Waals surface area contributed by atoms with Gasteiger partial charge in [-0.3, -0.25) is 9.59 Å². The van der Waals surface area contributed by atoms with E-state index in [-0.39, 0.29) is 24.8 Å². The van der Waals surface area contributed by atoms with Crippen molar-refractivity contribution >= 4 is 35.0 Å². The van der Waals surface area contributed by atoms with Crippen molar-refractivity contribution in [3.05, 3.63) is 63.6 Å². The second-order valence-electron chi connectivity index (χ2n) is 6.09. The molecular weight excluding hydrogens is 387 g/mol. The van der Waals surface area contributed by atoms with Crippen LogP contribution in [0.2, 0.25) is 10.0 Å². The third-order valence-corrected chi connectivity index (χ3v) is 5.00. The topological polar surface area (TPSA) is 58.6 Å². The molecule has 2 aromatic carbocycles. The molecule has 0 unspecified atom stereocenters. The predicted molar refractivity (Wildman–Crippen MR) is 107 cm³/mol. The average molecular weight is 409 g/mol. The molecule has 2 rings (SSSR count). The fourth-order valence-corrected chi connectivity index (χ4v) is 2.97. The molecular formula is C20H22Cl2N2O3. The van der Waals surface area contributed by atoms with Gasteiger partial charge in [0, 0.05) is 13.6 Å². The number of benzene rings is 2. The number of rotatable bonds is 7. The number of hydrogen-bond acceptors (Lipinski definition) is 3. The number of amides is 2. The maximum absolute atomic E-state index is 12.9. The zero-order valence-electron chi connectivity index (χ0n) is 15.5. The number of carbonyl (C=O) groups is 2. The fourth-order valence-electron chi connectivity index (χ4n) is 2.65. The average Bonchev–Trinajstić information content (AvgIpc) is 2.68. The number of hydrogen-bond donors (Lipinski definition) is 1. The summed E-state index contributed by atoms with van der Waals surface area (Å²) in [4.78, 5) is 26.6. The largest absolute Gasteiger partial charge is 0.497 e. The molecule has 5 nitrogen and oxygen atoms in total. The predicted octanol–water partition coefficient (Wildman–Crippen LogP) is 3.71. The highest BCUT2D eigenvalue weighted by Gasteiger charge is 2.25. The van der Waals surface area contributed by atoms with Crippen LogP contribution in [0.5, 0.6) is 5.75 Å². The summed E-state index contributed by atoms with van der Waals surface area (Å²) < 4.78 is 5.13. The normalized spacial score (nSPS) is 11.6. The lowest BCUT2D eigenvalue weighted by Crippen LogP contribution is -2.47. The van der Waals surface area contributed by atoms with Crippen molar-refractivity contribution in [3.63, 3.8) is 0 Å². The van der Waals surface area contributed by atoms with Gasteiger partial charge in [0.1, 0.15) is 11.8 Å². The molecule has 0 radical (unpaired) electrons. The highest BCUT2D eigenvalue weighted by Crippen LogP contribution is 2.24. The summed E-state index contributed by atoms with van der Waals surface area (Å²) in [5, 5.41) is 3.44. The van der Waals surface area contributed by atoms with Crippen LogP contribution in [0.15, 0.2) is 42.5 Å². The minimum atomic E-state index is -0.629. The maximum atomic E-state index is 12.9. The Morgan fingerprint density at radius 2 is 1.70 bits per heavy atom. The summed E-state index contributed by atoms with van der Waals surface area (Å²) in [6.07, 6.45) is 0.173. The first-order chi connectivity index (χ1) is 12.8. The molecule has 144 valence electrons. The van der Waals surface area contributed by atoms with Crippen LogP contribution in [0.4, 0.5) is 0 Å². The molecule has 0 spiro atoms. The van der Waals surface area contributed by atoms with E-state index in [2.05, 4.69) is 5.32 Å². The van der Waals surface area contributed by atoms with Crippen molar-refractivity contribution in [1.29, 1.82) is 0 Å². The van der Waals surface area contributed by atoms with Crippen molar-refractivity contribution in [3.8, 4) is 5.75 Å². The van der Waals surface area contributed by atoms with Crippen molar-refractivity contribution in [2.45, 2.75) is 25.9 Å². The number of halogens is 2. The second kappa shape index (κ2) is 9.62. The Balaban J connectivity index is 2.22. The molecule has 1 atom stereocenters. The van der Waals surface area contributed by atoms with E-state index in [1.807, 2.05) is 12.1 Å². The summed E-state index contributed by atoms with van der Waals surface area (Å²) in [7, 11) is 3.13. The number of ether oxygens (including phenoxy) is 1. The van der Waals surface area contributed by atoms with E-state index in [1.165, 1.54) is 4.90 Å². The van der Waals surface area contributed by atoms with Gasteiger partial charge < -0.3 is 15.0 Å². The number of likely N-dealkylation sites (N-methyl/N-ethyl adjacent to an activating group) is 1. The molecule has 0 aliphatic carbocycles. The first-order valence-electron chi connectivity index (χ1n) is 8.43. The lowest BCUT2D eigenvalue weighted by atomic mass is 10.1. The zero-order valence-corrected chi connectivity index (χ0v) is 17.0. The Labute approximate surface area is 169 Å². The number of nitrogens with one attached hydrogen (secondary N) is 1. The molecule has 0 aromatic heterocycles. The molecule has 0 aliphatic rings. The molecule has 2 amide bonds. The van der Waals surface area contributed by atoms with Gasteiger partial charge in [0.15, 0.2) is 0 Å². The molecule has 7 heteroatoms. The molecule has 0 aliphatic heterocycles. The smallest absolute Gasteiger partial charge is 0.242 e. The van der Waals surface area contributed by atoms with E-state index in [0.29, 0.717) is 10.0 Å². The summed E-state index contributed by atoms with van der Waals surface area (Å²) in [6, 6.07) is 11.8. The zero-order chi connectivity index (χ0) is 20.0. The van der Waals surface area contributed by atoms with Crippen LogP contribution in [-0.2, 0) is 22.6 Å². The quantitative estimate of drug-likeness (QED) is 0.759. The van der Waals surface area contributed by atoms with Gasteiger partial charge >= 0.3 is 0 Å². The van der Waals surface area contributed by atoms with Gasteiger partial charge in [-0.05, 0) is 42.3 Å². The Hall–Kier alpha value is -2.24. The van der Waals surface area contributed by atoms with Gasteiger partial charge in [0.25, 0.3) is 0 Å². The number of carbonyl (C=O) groups excluding carboxylic acids is 2. The van der Waals surface area contributed by atoms with Crippen LogP contribution in [0.25, 0.3) is 0 Å². The maximum Gasteiger partial charge on any atom is 0.242 e. The van der Waals surface area contributed by atoms with Crippen LogP contribution in [0, 0.1) is 0 Å². The van der Waals surface area contributed by atoms with E-state index in [1.54, 1.807) is 51.4 Å². The SMILES string of the molecule is CNC(=O)[C@@H](C)N(Cc1ccc(Cl)c(Cl)c1)C(=O)Cc1ccc(OC)cc1. The molecule has 0 heterocycles. The van der Waals surface area contributed by atoms with E-state index >= 15 is 0 Å². The third kappa shape index (κ3) is 5.62. The van der Waals surface area contributed by atoms with Gasteiger partial charge in [-0.15, -0.1) is 0 Å². The first-order valence-corrected chi connectivity index (χ1v) is 9.19. The Kier molecular flexibility index (Phi) is 7.51. The molecule has 0 saturated carbocycles. The number of methoxy groups -OCH3 is 1. The first kappa shape index (κ1) is 21.1. The van der Waals surface area contributed by atoms with Crippen LogP contribution in [0.3, 0.4) is 0 Å². The van der Waals surface area contributed by atoms with Crippen LogP contribution in [0.1, 0.15) is 18.1 Å². The van der Waals surface area contributed by atoms with Gasteiger partial charge in [-0.1, -0.05) is 41.4 Å². The molecule has 0 bridgehead atoms. The standard InChI is InChI=1S/C20H22Cl2N2O3/c1-13(20(26)23-2)24(12-15-6-9-17(21)18(22)10-15)19(25)11-14-4-7-16(27-3)8-5-14/h4-10,13H,11-12H2,1-3H3,(H,23,26)/t13-/m1/s1. The second-order valence-corrected chi connectivity index (χ2v) is 6.90. The summed E-state index contributed by atoms with van der Waals surface area (Å²) in [6.45, 7) is 1.95. The highest BCUT2D eigenvalue weighted by molar-refractivity contribution is 6.42. The number of nitrogens with zero attached hydrogens (tertiary/aromatic N) is 1. The Bertz CT molecular complexity index is 809. The van der Waals surface area contributed by atoms with E-state index in [4.69, 9.17) is 27.9 Å². The lowest BCUT2D eigenvalue weighted by molar-refractivity contribution is -0.139. The summed E-state index contributed by atoms with van der Waals surface area (Å²) in [5.74, 6) is 0.318. The Morgan fingerprint density at radius 3 is 2.26 bits per heavy atom. The van der Waals surface area contributed by atoms with E-state index in [9.17, 15) is 9.59 Å². The van der Waals surface area contributed by atoms with Gasteiger partial charge in [-0.2, -0.15) is 0 Å². The van der Waals surface area contributed by atoms with Crippen molar-refractivity contribution in [2.24, 2.45) is 0 Å². The Morgan fingerprint density at radius 1 is 1.07 bits per heavy atom. The summed E-state index contributed by atoms with van der Waals surface area (Å²) >= 11 is 12.0. The van der Waals surface area contributed by atoms with Crippen molar-refractivity contribution < 1.29 is 14.3 Å².